The third-order valence-electron chi connectivity index (χ3n) is 5.12. The van der Waals surface area contributed by atoms with E-state index in [0.717, 1.165) is 28.2 Å². The minimum Gasteiger partial charge on any atom is -0.508 e. The van der Waals surface area contributed by atoms with Gasteiger partial charge in [-0.25, -0.2) is 4.98 Å². The van der Waals surface area contributed by atoms with Crippen LogP contribution < -0.4 is 5.32 Å². The Bertz CT molecular complexity index is 1220. The molecule has 0 radical (unpaired) electrons. The molecule has 5 nitrogen and oxygen atoms in total. The van der Waals surface area contributed by atoms with Gasteiger partial charge in [0.25, 0.3) is 0 Å². The molecule has 0 unspecified atom stereocenters. The Morgan fingerprint density at radius 2 is 1.86 bits per heavy atom. The number of hydrogen-bond acceptors (Lipinski definition) is 3. The van der Waals surface area contributed by atoms with Gasteiger partial charge < -0.3 is 14.8 Å². The Labute approximate surface area is 169 Å². The van der Waals surface area contributed by atoms with Gasteiger partial charge in [-0.2, -0.15) is 0 Å². The SMILES string of the molecule is Cc1ccn2c(CC(=O)Nc3cccc(O)c3)c(-c3ccc(C)c(C)c3)nc2c1. The van der Waals surface area contributed by atoms with Crippen LogP contribution in [0, 0.1) is 20.8 Å². The van der Waals surface area contributed by atoms with Crippen molar-refractivity contribution in [1.29, 1.82) is 0 Å². The Morgan fingerprint density at radius 1 is 1.03 bits per heavy atom. The summed E-state index contributed by atoms with van der Waals surface area (Å²) >= 11 is 0. The van der Waals surface area contributed by atoms with Crippen LogP contribution in [-0.4, -0.2) is 20.4 Å². The first-order valence-corrected chi connectivity index (χ1v) is 9.55. The van der Waals surface area contributed by atoms with Crippen molar-refractivity contribution >= 4 is 17.2 Å². The highest BCUT2D eigenvalue weighted by Gasteiger charge is 2.18. The van der Waals surface area contributed by atoms with Crippen LogP contribution in [0.2, 0.25) is 0 Å². The Balaban J connectivity index is 1.75. The molecule has 2 heterocycles. The summed E-state index contributed by atoms with van der Waals surface area (Å²) in [5.74, 6) is -0.0491. The lowest BCUT2D eigenvalue weighted by Crippen LogP contribution is -2.16. The Hall–Kier alpha value is -3.60. The minimum atomic E-state index is -0.164. The van der Waals surface area contributed by atoms with E-state index in [1.807, 2.05) is 35.7 Å². The van der Waals surface area contributed by atoms with Gasteiger partial charge in [0.2, 0.25) is 5.91 Å². The molecule has 4 aromatic rings. The number of carbonyl (C=O) groups excluding carboxylic acids is 1. The number of nitrogens with zero attached hydrogens (tertiary/aromatic N) is 2. The summed E-state index contributed by atoms with van der Waals surface area (Å²) in [6.07, 6.45) is 2.13. The second-order valence-corrected chi connectivity index (χ2v) is 7.41. The topological polar surface area (TPSA) is 66.6 Å². The molecule has 0 aliphatic heterocycles. The van der Waals surface area contributed by atoms with E-state index in [9.17, 15) is 9.90 Å². The number of amides is 1. The van der Waals surface area contributed by atoms with Crippen LogP contribution in [0.5, 0.6) is 5.75 Å². The van der Waals surface area contributed by atoms with Crippen LogP contribution in [0.3, 0.4) is 0 Å². The van der Waals surface area contributed by atoms with Crippen LogP contribution in [-0.2, 0) is 11.2 Å². The first-order chi connectivity index (χ1) is 13.9. The maximum absolute atomic E-state index is 12.8. The summed E-state index contributed by atoms with van der Waals surface area (Å²) in [6.45, 7) is 6.18. The zero-order chi connectivity index (χ0) is 20.5. The molecule has 146 valence electrons. The number of rotatable bonds is 4. The van der Waals surface area contributed by atoms with Crippen molar-refractivity contribution in [3.05, 3.63) is 83.2 Å². The van der Waals surface area contributed by atoms with Crippen molar-refractivity contribution in [2.45, 2.75) is 27.2 Å². The zero-order valence-electron chi connectivity index (χ0n) is 16.7. The number of fused-ring (bicyclic) bond motifs is 1. The van der Waals surface area contributed by atoms with Gasteiger partial charge in [0.1, 0.15) is 11.4 Å². The summed E-state index contributed by atoms with van der Waals surface area (Å²) in [7, 11) is 0. The molecule has 0 atom stereocenters. The largest absolute Gasteiger partial charge is 0.508 e. The molecule has 2 aromatic heterocycles. The lowest BCUT2D eigenvalue weighted by Gasteiger charge is -2.09. The Morgan fingerprint density at radius 3 is 2.62 bits per heavy atom. The van der Waals surface area contributed by atoms with E-state index in [0.29, 0.717) is 5.69 Å². The molecule has 0 spiro atoms. The molecule has 5 heteroatoms. The van der Waals surface area contributed by atoms with Crippen molar-refractivity contribution in [3.8, 4) is 17.0 Å². The number of imidazole rings is 1. The number of pyridine rings is 1. The van der Waals surface area contributed by atoms with Gasteiger partial charge in [-0.1, -0.05) is 18.2 Å². The normalized spacial score (nSPS) is 11.0. The van der Waals surface area contributed by atoms with E-state index in [-0.39, 0.29) is 18.1 Å². The second-order valence-electron chi connectivity index (χ2n) is 7.41. The average Bonchev–Trinajstić information content (AvgIpc) is 3.01. The summed E-state index contributed by atoms with van der Waals surface area (Å²) < 4.78 is 1.97. The highest BCUT2D eigenvalue weighted by Crippen LogP contribution is 2.27. The standard InChI is InChI=1S/C24H23N3O2/c1-15-9-10-27-21(14-23(29)25-19-5-4-6-20(28)13-19)24(26-22(27)11-15)18-8-7-16(2)17(3)12-18/h4-13,28H,14H2,1-3H3,(H,25,29). The third kappa shape index (κ3) is 3.85. The number of phenols is 1. The second kappa shape index (κ2) is 7.43. The van der Waals surface area contributed by atoms with Crippen LogP contribution >= 0.6 is 0 Å². The molecule has 0 aliphatic carbocycles. The maximum atomic E-state index is 12.8. The third-order valence-corrected chi connectivity index (χ3v) is 5.12. The highest BCUT2D eigenvalue weighted by atomic mass is 16.3. The van der Waals surface area contributed by atoms with Crippen molar-refractivity contribution in [3.63, 3.8) is 0 Å². The average molecular weight is 385 g/mol. The molecule has 0 saturated heterocycles. The van der Waals surface area contributed by atoms with Crippen molar-refractivity contribution < 1.29 is 9.90 Å². The fourth-order valence-electron chi connectivity index (χ4n) is 3.43. The molecular weight excluding hydrogens is 362 g/mol. The van der Waals surface area contributed by atoms with Gasteiger partial charge in [-0.3, -0.25) is 4.79 Å². The fraction of sp³-hybridized carbons (Fsp3) is 0.167. The number of benzene rings is 2. The summed E-state index contributed by atoms with van der Waals surface area (Å²) in [5, 5.41) is 12.5. The quantitative estimate of drug-likeness (QED) is 0.530. The van der Waals surface area contributed by atoms with E-state index >= 15 is 0 Å². The highest BCUT2D eigenvalue weighted by molar-refractivity contribution is 5.93. The van der Waals surface area contributed by atoms with Gasteiger partial charge >= 0.3 is 0 Å². The molecular formula is C24H23N3O2. The number of aromatic nitrogens is 2. The van der Waals surface area contributed by atoms with E-state index in [2.05, 4.69) is 31.3 Å². The lowest BCUT2D eigenvalue weighted by atomic mass is 10.0. The maximum Gasteiger partial charge on any atom is 0.230 e. The van der Waals surface area contributed by atoms with Gasteiger partial charge in [-0.05, 0) is 67.8 Å². The molecule has 1 amide bonds. The number of carbonyl (C=O) groups is 1. The van der Waals surface area contributed by atoms with Crippen LogP contribution in [0.4, 0.5) is 5.69 Å². The van der Waals surface area contributed by atoms with E-state index in [1.165, 1.54) is 17.2 Å². The molecule has 0 fully saturated rings. The number of phenolic OH excluding ortho intramolecular Hbond substituents is 1. The zero-order valence-corrected chi connectivity index (χ0v) is 16.7. The van der Waals surface area contributed by atoms with Gasteiger partial charge in [-0.15, -0.1) is 0 Å². The molecule has 0 saturated carbocycles. The van der Waals surface area contributed by atoms with E-state index in [1.54, 1.807) is 18.2 Å². The van der Waals surface area contributed by atoms with Crippen LogP contribution in [0.15, 0.2) is 60.8 Å². The van der Waals surface area contributed by atoms with Crippen molar-refractivity contribution in [2.24, 2.45) is 0 Å². The first kappa shape index (κ1) is 18.7. The van der Waals surface area contributed by atoms with Crippen molar-refractivity contribution in [2.75, 3.05) is 5.32 Å². The summed E-state index contributed by atoms with van der Waals surface area (Å²) in [5.41, 5.74) is 7.54. The minimum absolute atomic E-state index is 0.115. The summed E-state index contributed by atoms with van der Waals surface area (Å²) in [6, 6.07) is 16.8. The lowest BCUT2D eigenvalue weighted by molar-refractivity contribution is -0.115. The van der Waals surface area contributed by atoms with Gasteiger partial charge in [0, 0.05) is 23.5 Å². The van der Waals surface area contributed by atoms with E-state index in [4.69, 9.17) is 4.98 Å². The fourth-order valence-corrected chi connectivity index (χ4v) is 3.43. The predicted molar refractivity (Wildman–Crippen MR) is 115 cm³/mol. The number of aromatic hydroxyl groups is 1. The summed E-state index contributed by atoms with van der Waals surface area (Å²) in [4.78, 5) is 17.6. The first-order valence-electron chi connectivity index (χ1n) is 9.55. The Kier molecular flexibility index (Phi) is 4.80. The number of anilines is 1. The smallest absolute Gasteiger partial charge is 0.230 e. The molecule has 29 heavy (non-hydrogen) atoms. The predicted octanol–water partition coefficient (Wildman–Crippen LogP) is 4.81. The number of aryl methyl sites for hydroxylation is 3. The molecule has 0 bridgehead atoms. The van der Waals surface area contributed by atoms with Gasteiger partial charge in [0.15, 0.2) is 0 Å². The van der Waals surface area contributed by atoms with Crippen molar-refractivity contribution in [1.82, 2.24) is 9.38 Å². The van der Waals surface area contributed by atoms with Crippen LogP contribution in [0.25, 0.3) is 16.9 Å². The van der Waals surface area contributed by atoms with Crippen LogP contribution in [0.1, 0.15) is 22.4 Å². The monoisotopic (exact) mass is 385 g/mol. The molecule has 0 aliphatic rings. The number of hydrogen-bond donors (Lipinski definition) is 2. The number of nitrogens with one attached hydrogen (secondary N) is 1. The molecule has 2 N–H and O–H groups in total. The molecule has 2 aromatic carbocycles. The van der Waals surface area contributed by atoms with Gasteiger partial charge in [0.05, 0.1) is 17.8 Å². The molecule has 4 rings (SSSR count). The van der Waals surface area contributed by atoms with E-state index < -0.39 is 0 Å².